The number of carbonyl (C=O) groups is 1. The molecule has 0 saturated heterocycles. The zero-order valence-electron chi connectivity index (χ0n) is 18.6. The van der Waals surface area contributed by atoms with E-state index in [1.807, 2.05) is 0 Å². The van der Waals surface area contributed by atoms with Gasteiger partial charge in [0.1, 0.15) is 6.61 Å². The average Bonchev–Trinajstić information content (AvgIpc) is 3.27. The van der Waals surface area contributed by atoms with Crippen molar-refractivity contribution in [2.45, 2.75) is 19.6 Å². The van der Waals surface area contributed by atoms with E-state index in [0.29, 0.717) is 16.3 Å². The van der Waals surface area contributed by atoms with Crippen LogP contribution in [0.3, 0.4) is 0 Å². The van der Waals surface area contributed by atoms with Crippen LogP contribution < -0.4 is 10.1 Å². The standard InChI is InChI=1S/C22H19Cl2F3N6O3/c1-2-32(19(35)10-34)17-9-33(31-20(17)12-3-5-14(23)15(24)7-12)22(29-11-28)30-13-4-6-16(25)18(8-13)36-21(26)27/h3-8,17,21,34H,2,9-10H2,1H3,(H,29,30). The number of hydrogen-bond acceptors (Lipinski definition) is 6. The maximum atomic E-state index is 13.8. The molecule has 1 aliphatic heterocycles. The second-order valence-electron chi connectivity index (χ2n) is 7.22. The second kappa shape index (κ2) is 11.9. The van der Waals surface area contributed by atoms with Gasteiger partial charge in [-0.1, -0.05) is 29.3 Å². The molecule has 0 saturated carbocycles. The Kier molecular flexibility index (Phi) is 8.98. The van der Waals surface area contributed by atoms with Crippen molar-refractivity contribution in [1.29, 1.82) is 5.26 Å². The lowest BCUT2D eigenvalue weighted by molar-refractivity contribution is -0.135. The Morgan fingerprint density at radius 3 is 2.72 bits per heavy atom. The molecule has 0 spiro atoms. The Morgan fingerprint density at radius 1 is 1.36 bits per heavy atom. The summed E-state index contributed by atoms with van der Waals surface area (Å²) >= 11 is 12.2. The highest BCUT2D eigenvalue weighted by Crippen LogP contribution is 2.28. The van der Waals surface area contributed by atoms with Crippen molar-refractivity contribution in [3.05, 3.63) is 57.8 Å². The van der Waals surface area contributed by atoms with Gasteiger partial charge in [0, 0.05) is 18.2 Å². The number of amides is 1. The van der Waals surface area contributed by atoms with Crippen LogP contribution in [0.2, 0.25) is 10.0 Å². The number of alkyl halides is 2. The number of benzene rings is 2. The van der Waals surface area contributed by atoms with Crippen molar-refractivity contribution in [3.8, 4) is 11.9 Å². The van der Waals surface area contributed by atoms with Crippen molar-refractivity contribution in [2.24, 2.45) is 10.1 Å². The molecule has 2 N–H and O–H groups in total. The molecule has 14 heteroatoms. The smallest absolute Gasteiger partial charge is 0.387 e. The van der Waals surface area contributed by atoms with E-state index in [2.05, 4.69) is 20.1 Å². The van der Waals surface area contributed by atoms with Gasteiger partial charge in [0.2, 0.25) is 11.9 Å². The van der Waals surface area contributed by atoms with Gasteiger partial charge in [-0.3, -0.25) is 10.1 Å². The van der Waals surface area contributed by atoms with Gasteiger partial charge in [0.15, 0.2) is 17.8 Å². The minimum atomic E-state index is -3.25. The quantitative estimate of drug-likeness (QED) is 0.238. The summed E-state index contributed by atoms with van der Waals surface area (Å²) in [5.41, 5.74) is 0.871. The fourth-order valence-electron chi connectivity index (χ4n) is 3.51. The third-order valence-corrected chi connectivity index (χ3v) is 5.79. The summed E-state index contributed by atoms with van der Waals surface area (Å²) in [7, 11) is 0. The Morgan fingerprint density at radius 2 is 2.11 bits per heavy atom. The summed E-state index contributed by atoms with van der Waals surface area (Å²) in [5, 5.41) is 27.4. The van der Waals surface area contributed by atoms with Crippen molar-refractivity contribution in [1.82, 2.24) is 15.2 Å². The predicted octanol–water partition coefficient (Wildman–Crippen LogP) is 3.72. The number of rotatable bonds is 7. The molecule has 9 nitrogen and oxygen atoms in total. The number of nitriles is 1. The molecule has 2 aromatic rings. The lowest BCUT2D eigenvalue weighted by atomic mass is 10.0. The molecular weight excluding hydrogens is 524 g/mol. The molecule has 3 rings (SSSR count). The fraction of sp³-hybridized carbons (Fsp3) is 0.273. The highest BCUT2D eigenvalue weighted by Gasteiger charge is 2.36. The summed E-state index contributed by atoms with van der Waals surface area (Å²) in [6.45, 7) is -2.04. The van der Waals surface area contributed by atoms with Crippen molar-refractivity contribution >= 4 is 46.5 Å². The van der Waals surface area contributed by atoms with Crippen LogP contribution in [0.5, 0.6) is 5.75 Å². The van der Waals surface area contributed by atoms with Crippen molar-refractivity contribution in [3.63, 3.8) is 0 Å². The van der Waals surface area contributed by atoms with E-state index in [-0.39, 0.29) is 29.8 Å². The molecule has 1 heterocycles. The van der Waals surface area contributed by atoms with E-state index >= 15 is 0 Å². The predicted molar refractivity (Wildman–Crippen MR) is 127 cm³/mol. The third-order valence-electron chi connectivity index (χ3n) is 5.06. The van der Waals surface area contributed by atoms with E-state index in [1.165, 1.54) is 16.0 Å². The number of nitrogens with zero attached hydrogens (tertiary/aromatic N) is 5. The second-order valence-corrected chi connectivity index (χ2v) is 8.03. The van der Waals surface area contributed by atoms with Crippen molar-refractivity contribution in [2.75, 3.05) is 19.7 Å². The van der Waals surface area contributed by atoms with Gasteiger partial charge >= 0.3 is 6.61 Å². The summed E-state index contributed by atoms with van der Waals surface area (Å²) < 4.78 is 43.2. The largest absolute Gasteiger partial charge is 0.432 e. The van der Waals surface area contributed by atoms with Gasteiger partial charge in [-0.05, 0) is 31.2 Å². The Labute approximate surface area is 214 Å². The molecular formula is C22H19Cl2F3N6O3. The van der Waals surface area contributed by atoms with Gasteiger partial charge in [-0.25, -0.2) is 14.4 Å². The van der Waals surface area contributed by atoms with Crippen LogP contribution in [0, 0.1) is 17.3 Å². The number of halogens is 5. The van der Waals surface area contributed by atoms with Gasteiger partial charge in [0.05, 0.1) is 34.0 Å². The number of likely N-dealkylation sites (N-methyl/N-ethyl adjacent to an activating group) is 1. The highest BCUT2D eigenvalue weighted by molar-refractivity contribution is 6.42. The van der Waals surface area contributed by atoms with Crippen LogP contribution in [-0.4, -0.2) is 64.9 Å². The number of hydrazone groups is 1. The highest BCUT2D eigenvalue weighted by atomic mass is 35.5. The Hall–Kier alpha value is -3.53. The monoisotopic (exact) mass is 542 g/mol. The van der Waals surface area contributed by atoms with Gasteiger partial charge in [0.25, 0.3) is 0 Å². The number of aliphatic imine (C=N–C) groups is 1. The summed E-state index contributed by atoms with van der Waals surface area (Å²) in [5.74, 6) is -2.45. The number of nitrogens with one attached hydrogen (secondary N) is 1. The number of hydrogen-bond donors (Lipinski definition) is 2. The van der Waals surface area contributed by atoms with Crippen molar-refractivity contribution < 1.29 is 27.8 Å². The van der Waals surface area contributed by atoms with Crippen LogP contribution >= 0.6 is 23.2 Å². The number of aliphatic hydroxyl groups excluding tert-OH is 1. The number of guanidine groups is 1. The summed E-state index contributed by atoms with van der Waals surface area (Å²) in [6, 6.07) is 7.07. The molecule has 36 heavy (non-hydrogen) atoms. The normalized spacial score (nSPS) is 15.5. The van der Waals surface area contributed by atoms with Crippen LogP contribution in [0.4, 0.5) is 18.9 Å². The van der Waals surface area contributed by atoms with E-state index in [9.17, 15) is 28.3 Å². The molecule has 0 bridgehead atoms. The molecule has 1 atom stereocenters. The first-order valence-electron chi connectivity index (χ1n) is 10.4. The van der Waals surface area contributed by atoms with Crippen LogP contribution in [0.1, 0.15) is 12.5 Å². The van der Waals surface area contributed by atoms with E-state index in [4.69, 9.17) is 23.2 Å². The minimum Gasteiger partial charge on any atom is -0.432 e. The average molecular weight is 543 g/mol. The van der Waals surface area contributed by atoms with E-state index in [0.717, 1.165) is 12.1 Å². The number of carbonyl (C=O) groups excluding carboxylic acids is 1. The summed E-state index contributed by atoms with van der Waals surface area (Å²) in [6.07, 6.45) is 1.71. The van der Waals surface area contributed by atoms with E-state index in [1.54, 1.807) is 31.3 Å². The zero-order valence-corrected chi connectivity index (χ0v) is 20.1. The maximum absolute atomic E-state index is 13.8. The molecule has 0 aliphatic carbocycles. The molecule has 1 unspecified atom stereocenters. The number of ether oxygens (including phenoxy) is 1. The first-order chi connectivity index (χ1) is 17.2. The van der Waals surface area contributed by atoms with Gasteiger partial charge in [-0.2, -0.15) is 19.1 Å². The van der Waals surface area contributed by atoms with Crippen LogP contribution in [0.15, 0.2) is 46.5 Å². The molecule has 0 fully saturated rings. The molecule has 2 aromatic carbocycles. The third kappa shape index (κ3) is 6.17. The molecule has 190 valence electrons. The van der Waals surface area contributed by atoms with Gasteiger partial charge < -0.3 is 14.7 Å². The lowest BCUT2D eigenvalue weighted by Crippen LogP contribution is -2.49. The lowest BCUT2D eigenvalue weighted by Gasteiger charge is -2.28. The van der Waals surface area contributed by atoms with Crippen LogP contribution in [0.25, 0.3) is 0 Å². The zero-order chi connectivity index (χ0) is 26.4. The fourth-order valence-corrected chi connectivity index (χ4v) is 3.80. The topological polar surface area (TPSA) is 114 Å². The molecule has 0 radical (unpaired) electrons. The first kappa shape index (κ1) is 27.1. The SMILES string of the molecule is CCN(C(=O)CO)C1CN(C(=Nc2ccc(F)c(OC(F)F)c2)NC#N)N=C1c1ccc(Cl)c(Cl)c1. The first-order valence-corrected chi connectivity index (χ1v) is 11.1. The van der Waals surface area contributed by atoms with E-state index < -0.39 is 36.7 Å². The molecule has 0 aromatic heterocycles. The molecule has 1 amide bonds. The summed E-state index contributed by atoms with van der Waals surface area (Å²) in [4.78, 5) is 18.0. The number of aliphatic hydroxyl groups is 1. The maximum Gasteiger partial charge on any atom is 0.387 e. The molecule has 1 aliphatic rings. The Bertz CT molecular complexity index is 1240. The van der Waals surface area contributed by atoms with Crippen LogP contribution in [-0.2, 0) is 4.79 Å². The van der Waals surface area contributed by atoms with Gasteiger partial charge in [-0.15, -0.1) is 0 Å². The minimum absolute atomic E-state index is 0.00422. The Balaban J connectivity index is 2.07.